The number of rotatable bonds is 8. The van der Waals surface area contributed by atoms with E-state index in [-0.39, 0.29) is 18.9 Å². The number of halogens is 1. The Kier molecular flexibility index (Phi) is 8.72. The van der Waals surface area contributed by atoms with E-state index in [1.165, 1.54) is 6.42 Å². The lowest BCUT2D eigenvalue weighted by atomic mass is 10.0. The fourth-order valence-corrected chi connectivity index (χ4v) is 4.17. The van der Waals surface area contributed by atoms with Crippen LogP contribution in [0.1, 0.15) is 40.7 Å². The maximum atomic E-state index is 12.5. The second kappa shape index (κ2) is 11.7. The molecule has 0 radical (unpaired) electrons. The summed E-state index contributed by atoms with van der Waals surface area (Å²) < 4.78 is 5.37. The Balaban J connectivity index is 1.70. The minimum Gasteiger partial charge on any atom is -0.495 e. The molecule has 2 aromatic carbocycles. The number of piperidine rings is 1. The maximum Gasteiger partial charge on any atom is 0.320 e. The molecule has 3 rings (SSSR count). The van der Waals surface area contributed by atoms with Gasteiger partial charge in [-0.2, -0.15) is 4.99 Å². The Bertz CT molecular complexity index is 1050. The van der Waals surface area contributed by atoms with Gasteiger partial charge in [0.25, 0.3) is 5.91 Å². The molecule has 0 aliphatic carbocycles. The van der Waals surface area contributed by atoms with Crippen molar-refractivity contribution in [3.8, 4) is 5.75 Å². The van der Waals surface area contributed by atoms with Crippen molar-refractivity contribution in [3.63, 3.8) is 0 Å². The van der Waals surface area contributed by atoms with Gasteiger partial charge in [-0.3, -0.25) is 9.59 Å². The first-order chi connectivity index (χ1) is 16.3. The van der Waals surface area contributed by atoms with Gasteiger partial charge in [-0.05, 0) is 55.5 Å². The van der Waals surface area contributed by atoms with Crippen LogP contribution in [-0.2, 0) is 17.8 Å². The van der Waals surface area contributed by atoms with Gasteiger partial charge in [0.15, 0.2) is 5.96 Å². The van der Waals surface area contributed by atoms with Crippen LogP contribution < -0.4 is 26.4 Å². The summed E-state index contributed by atoms with van der Waals surface area (Å²) in [5.74, 6) is -1.07. The zero-order valence-electron chi connectivity index (χ0n) is 19.1. The molecule has 0 spiro atoms. The predicted octanol–water partition coefficient (Wildman–Crippen LogP) is 2.54. The molecule has 1 saturated heterocycles. The van der Waals surface area contributed by atoms with Gasteiger partial charge in [-0.1, -0.05) is 23.7 Å². The Labute approximate surface area is 203 Å². The highest BCUT2D eigenvalue weighted by Gasteiger charge is 2.19. The summed E-state index contributed by atoms with van der Waals surface area (Å²) in [6.07, 6.45) is 3.62. The summed E-state index contributed by atoms with van der Waals surface area (Å²) in [7, 11) is 1.56. The number of anilines is 1. The standard InChI is InChI=1S/C24H30ClN5O4/c1-34-20-10-9-19(30-11-3-2-4-12-30)17(21(20)25)14-28-24(27)29-22(31)16-7-5-15(6-8-16)13-18(26)23(32)33/h5-10,18H,2-4,11-14,26H2,1H3,(H,32,33)(H3,27,28,29,31)/t18-/m0/s1. The highest BCUT2D eigenvalue weighted by Crippen LogP contribution is 2.36. The first kappa shape index (κ1) is 25.3. The number of hydrogen-bond donors (Lipinski definition) is 4. The van der Waals surface area contributed by atoms with Crippen molar-refractivity contribution in [1.29, 1.82) is 0 Å². The molecule has 34 heavy (non-hydrogen) atoms. The highest BCUT2D eigenvalue weighted by atomic mass is 35.5. The number of carbonyl (C=O) groups is 2. The molecule has 0 unspecified atom stereocenters. The SMILES string of the molecule is COc1ccc(N2CCCCC2)c(CN/C(N)=N/C(=O)c2ccc(C[C@H](N)C(=O)O)cc2)c1Cl. The number of nitrogens with one attached hydrogen (secondary N) is 1. The first-order valence-corrected chi connectivity index (χ1v) is 11.5. The number of guanidine groups is 1. The molecule has 1 aliphatic heterocycles. The number of carbonyl (C=O) groups excluding carboxylic acids is 1. The number of aliphatic imine (C=N–C) groups is 1. The minimum atomic E-state index is -1.08. The summed E-state index contributed by atoms with van der Waals surface area (Å²) in [6, 6.07) is 9.27. The Morgan fingerprint density at radius 3 is 2.47 bits per heavy atom. The monoisotopic (exact) mass is 487 g/mol. The summed E-state index contributed by atoms with van der Waals surface area (Å²) in [5.41, 5.74) is 14.4. The highest BCUT2D eigenvalue weighted by molar-refractivity contribution is 6.33. The minimum absolute atomic E-state index is 0.0366. The van der Waals surface area contributed by atoms with Crippen LogP contribution in [0.5, 0.6) is 5.75 Å². The van der Waals surface area contributed by atoms with Crippen molar-refractivity contribution in [3.05, 3.63) is 58.1 Å². The van der Waals surface area contributed by atoms with Gasteiger partial charge >= 0.3 is 5.97 Å². The zero-order chi connectivity index (χ0) is 24.7. The topological polar surface area (TPSA) is 143 Å². The van der Waals surface area contributed by atoms with Crippen LogP contribution in [0.3, 0.4) is 0 Å². The lowest BCUT2D eigenvalue weighted by Gasteiger charge is -2.31. The van der Waals surface area contributed by atoms with E-state index >= 15 is 0 Å². The molecule has 9 nitrogen and oxygen atoms in total. The van der Waals surface area contributed by atoms with E-state index in [2.05, 4.69) is 15.2 Å². The molecular formula is C24H30ClN5O4. The van der Waals surface area contributed by atoms with Crippen LogP contribution in [0.2, 0.25) is 5.02 Å². The van der Waals surface area contributed by atoms with Crippen molar-refractivity contribution in [2.75, 3.05) is 25.1 Å². The van der Waals surface area contributed by atoms with Crippen LogP contribution in [0.25, 0.3) is 0 Å². The quantitative estimate of drug-likeness (QED) is 0.328. The second-order valence-electron chi connectivity index (χ2n) is 8.13. The van der Waals surface area contributed by atoms with Crippen LogP contribution in [-0.4, -0.2) is 49.2 Å². The molecule has 10 heteroatoms. The Morgan fingerprint density at radius 1 is 1.18 bits per heavy atom. The molecule has 0 saturated carbocycles. The fourth-order valence-electron chi connectivity index (χ4n) is 3.86. The normalized spacial score (nSPS) is 15.0. The maximum absolute atomic E-state index is 12.5. The third-order valence-electron chi connectivity index (χ3n) is 5.74. The van der Waals surface area contributed by atoms with Crippen LogP contribution in [0, 0.1) is 0 Å². The first-order valence-electron chi connectivity index (χ1n) is 11.1. The molecule has 6 N–H and O–H groups in total. The van der Waals surface area contributed by atoms with E-state index in [4.69, 9.17) is 32.9 Å². The third-order valence-corrected chi connectivity index (χ3v) is 6.16. The van der Waals surface area contributed by atoms with Gasteiger partial charge < -0.3 is 31.5 Å². The number of nitrogens with zero attached hydrogens (tertiary/aromatic N) is 2. The Hall–Kier alpha value is -3.30. The number of aliphatic carboxylic acids is 1. The van der Waals surface area contributed by atoms with Crippen LogP contribution in [0.4, 0.5) is 5.69 Å². The van der Waals surface area contributed by atoms with Gasteiger partial charge in [-0.15, -0.1) is 0 Å². The average molecular weight is 488 g/mol. The molecule has 182 valence electrons. The van der Waals surface area contributed by atoms with Crippen LogP contribution in [0.15, 0.2) is 41.4 Å². The predicted molar refractivity (Wildman–Crippen MR) is 133 cm³/mol. The Morgan fingerprint density at radius 2 is 1.85 bits per heavy atom. The van der Waals surface area contributed by atoms with Crippen molar-refractivity contribution in [2.24, 2.45) is 16.5 Å². The molecule has 1 fully saturated rings. The summed E-state index contributed by atoms with van der Waals surface area (Å²) in [6.45, 7) is 2.17. The molecule has 2 aromatic rings. The summed E-state index contributed by atoms with van der Waals surface area (Å²) >= 11 is 6.60. The number of carboxylic acid groups (broad SMARTS) is 1. The van der Waals surface area contributed by atoms with Crippen LogP contribution >= 0.6 is 11.6 Å². The smallest absolute Gasteiger partial charge is 0.320 e. The van der Waals surface area contributed by atoms with Crippen molar-refractivity contribution >= 4 is 35.1 Å². The number of ether oxygens (including phenoxy) is 1. The number of carboxylic acids is 1. The number of benzene rings is 2. The van der Waals surface area contributed by atoms with Gasteiger partial charge in [-0.25, -0.2) is 0 Å². The molecule has 1 heterocycles. The van der Waals surface area contributed by atoms with Gasteiger partial charge in [0, 0.05) is 36.4 Å². The lowest BCUT2D eigenvalue weighted by molar-refractivity contribution is -0.138. The van der Waals surface area contributed by atoms with E-state index < -0.39 is 17.9 Å². The molecule has 1 atom stereocenters. The van der Waals surface area contributed by atoms with E-state index in [1.807, 2.05) is 12.1 Å². The number of amides is 1. The molecular weight excluding hydrogens is 458 g/mol. The van der Waals surface area contributed by atoms with Crippen molar-refractivity contribution in [1.82, 2.24) is 5.32 Å². The van der Waals surface area contributed by atoms with Gasteiger partial charge in [0.2, 0.25) is 0 Å². The van der Waals surface area contributed by atoms with E-state index in [9.17, 15) is 9.59 Å². The van der Waals surface area contributed by atoms with Crippen molar-refractivity contribution < 1.29 is 19.4 Å². The zero-order valence-corrected chi connectivity index (χ0v) is 19.8. The number of hydrogen-bond acceptors (Lipinski definition) is 5. The van der Waals surface area contributed by atoms with Gasteiger partial charge in [0.05, 0.1) is 12.1 Å². The fraction of sp³-hybridized carbons (Fsp3) is 0.375. The molecule has 0 aromatic heterocycles. The largest absolute Gasteiger partial charge is 0.495 e. The average Bonchev–Trinajstić information content (AvgIpc) is 2.84. The molecule has 0 bridgehead atoms. The van der Waals surface area contributed by atoms with Crippen molar-refractivity contribution in [2.45, 2.75) is 38.3 Å². The van der Waals surface area contributed by atoms with E-state index in [1.54, 1.807) is 31.4 Å². The van der Waals surface area contributed by atoms with Gasteiger partial charge in [0.1, 0.15) is 11.8 Å². The summed E-state index contributed by atoms with van der Waals surface area (Å²) in [4.78, 5) is 29.6. The second-order valence-corrected chi connectivity index (χ2v) is 8.51. The van der Waals surface area contributed by atoms with E-state index in [0.717, 1.165) is 37.2 Å². The molecule has 1 amide bonds. The lowest BCUT2D eigenvalue weighted by Crippen LogP contribution is -2.34. The van der Waals surface area contributed by atoms with E-state index in [0.29, 0.717) is 21.9 Å². The number of nitrogens with two attached hydrogens (primary N) is 2. The number of methoxy groups -OCH3 is 1. The molecule has 1 aliphatic rings. The third kappa shape index (κ3) is 6.39. The summed E-state index contributed by atoms with van der Waals surface area (Å²) in [5, 5.41) is 12.4.